The highest BCUT2D eigenvalue weighted by Crippen LogP contribution is 2.40. The van der Waals surface area contributed by atoms with Gasteiger partial charge in [-0.25, -0.2) is 0 Å². The molecular weight excluding hydrogens is 262 g/mol. The van der Waals surface area contributed by atoms with Crippen LogP contribution < -0.4 is 0 Å². The molecule has 0 N–H and O–H groups in total. The van der Waals surface area contributed by atoms with Crippen LogP contribution >= 0.6 is 23.2 Å². The van der Waals surface area contributed by atoms with Crippen LogP contribution in [-0.4, -0.2) is 0 Å². The summed E-state index contributed by atoms with van der Waals surface area (Å²) < 4.78 is 61.7. The van der Waals surface area contributed by atoms with E-state index in [1.807, 2.05) is 0 Å². The predicted octanol–water partition coefficient (Wildman–Crippen LogP) is 4.65. The van der Waals surface area contributed by atoms with Crippen molar-refractivity contribution < 1.29 is 22.0 Å². The first-order chi connectivity index (χ1) is 6.62. The number of alkyl halides is 6. The second-order valence-corrected chi connectivity index (χ2v) is 3.57. The monoisotopic (exact) mass is 264 g/mol. The van der Waals surface area contributed by atoms with Gasteiger partial charge in [0.15, 0.2) is 0 Å². The first kappa shape index (κ1) is 12.5. The van der Waals surface area contributed by atoms with Gasteiger partial charge in [-0.05, 0) is 29.8 Å². The zero-order chi connectivity index (χ0) is 11.9. The minimum atomic E-state index is -4.71. The molecule has 0 amide bonds. The van der Waals surface area contributed by atoms with Gasteiger partial charge >= 0.3 is 11.6 Å². The summed E-state index contributed by atoms with van der Waals surface area (Å²) in [5.41, 5.74) is -2.28. The fourth-order valence-corrected chi connectivity index (χ4v) is 1.36. The normalized spacial score (nSPS) is 13.0. The molecule has 0 nitrogen and oxygen atoms in total. The maximum Gasteiger partial charge on any atom is 0.416 e. The maximum atomic E-state index is 12.6. The third-order valence-electron chi connectivity index (χ3n) is 1.60. The van der Waals surface area contributed by atoms with E-state index < -0.39 is 27.7 Å². The topological polar surface area (TPSA) is 0 Å². The van der Waals surface area contributed by atoms with Crippen molar-refractivity contribution in [1.29, 1.82) is 0 Å². The molecule has 1 rings (SSSR count). The second-order valence-electron chi connectivity index (χ2n) is 2.69. The molecule has 1 aromatic rings. The first-order valence-corrected chi connectivity index (χ1v) is 4.32. The molecule has 0 spiro atoms. The fraction of sp³-hybridized carbons (Fsp3) is 0.250. The van der Waals surface area contributed by atoms with E-state index in [4.69, 9.17) is 11.6 Å². The third-order valence-corrected chi connectivity index (χ3v) is 2.13. The van der Waals surface area contributed by atoms with Gasteiger partial charge in [-0.1, -0.05) is 11.6 Å². The average Bonchev–Trinajstić information content (AvgIpc) is 2.00. The van der Waals surface area contributed by atoms with E-state index in [1.54, 1.807) is 0 Å². The highest BCUT2D eigenvalue weighted by atomic mass is 35.5. The summed E-state index contributed by atoms with van der Waals surface area (Å²) in [6, 6.07) is 1.57. The zero-order valence-corrected chi connectivity index (χ0v) is 8.39. The Morgan fingerprint density at radius 1 is 1.00 bits per heavy atom. The molecule has 1 aromatic carbocycles. The van der Waals surface area contributed by atoms with Crippen molar-refractivity contribution >= 4 is 23.2 Å². The van der Waals surface area contributed by atoms with Gasteiger partial charge in [0.05, 0.1) is 16.1 Å². The van der Waals surface area contributed by atoms with Crippen molar-refractivity contribution in [2.75, 3.05) is 0 Å². The molecule has 0 fully saturated rings. The smallest absolute Gasteiger partial charge is 0.183 e. The summed E-state index contributed by atoms with van der Waals surface area (Å²) in [6.45, 7) is 0. The SMILES string of the molecule is FC(F)(F)c1ccc(Cl)c(C(F)(F)Cl)c1. The molecule has 0 aliphatic heterocycles. The molecular formula is C8H3Cl2F5. The van der Waals surface area contributed by atoms with Crippen LogP contribution in [0.2, 0.25) is 5.02 Å². The lowest BCUT2D eigenvalue weighted by atomic mass is 10.1. The summed E-state index contributed by atoms with van der Waals surface area (Å²) in [4.78, 5) is 0. The molecule has 15 heavy (non-hydrogen) atoms. The van der Waals surface area contributed by atoms with Crippen LogP contribution in [0.1, 0.15) is 11.1 Å². The molecule has 0 bridgehead atoms. The molecule has 0 unspecified atom stereocenters. The van der Waals surface area contributed by atoms with E-state index in [1.165, 1.54) is 0 Å². The molecule has 0 aromatic heterocycles. The maximum absolute atomic E-state index is 12.6. The fourth-order valence-electron chi connectivity index (χ4n) is 0.919. The van der Waals surface area contributed by atoms with Crippen LogP contribution in [0.5, 0.6) is 0 Å². The van der Waals surface area contributed by atoms with Crippen LogP contribution in [0.3, 0.4) is 0 Å². The average molecular weight is 265 g/mol. The largest absolute Gasteiger partial charge is 0.416 e. The van der Waals surface area contributed by atoms with Crippen LogP contribution in [0, 0.1) is 0 Å². The van der Waals surface area contributed by atoms with Gasteiger partial charge in [-0.15, -0.1) is 0 Å². The Morgan fingerprint density at radius 2 is 1.53 bits per heavy atom. The Kier molecular flexibility index (Phi) is 3.16. The summed E-state index contributed by atoms with van der Waals surface area (Å²) in [5.74, 6) is 0. The molecule has 0 aliphatic rings. The molecule has 0 saturated heterocycles. The highest BCUT2D eigenvalue weighted by Gasteiger charge is 2.36. The molecule has 0 aliphatic carbocycles. The lowest BCUT2D eigenvalue weighted by Gasteiger charge is -2.13. The molecule has 0 saturated carbocycles. The summed E-state index contributed by atoms with van der Waals surface area (Å²) in [7, 11) is 0. The Labute approximate surface area is 91.6 Å². The predicted molar refractivity (Wildman–Crippen MR) is 46.2 cm³/mol. The number of halogens is 7. The summed E-state index contributed by atoms with van der Waals surface area (Å²) >= 11 is 9.90. The van der Waals surface area contributed by atoms with E-state index in [9.17, 15) is 22.0 Å². The Bertz CT molecular complexity index is 366. The van der Waals surface area contributed by atoms with E-state index in [0.29, 0.717) is 6.07 Å². The minimum absolute atomic E-state index is 0.231. The number of hydrogen-bond donors (Lipinski definition) is 0. The Balaban J connectivity index is 3.30. The van der Waals surface area contributed by atoms with Crippen molar-refractivity contribution in [2.24, 2.45) is 0 Å². The lowest BCUT2D eigenvalue weighted by Crippen LogP contribution is -2.10. The Hall–Kier alpha value is -0.550. The molecule has 0 heterocycles. The van der Waals surface area contributed by atoms with E-state index in [2.05, 4.69) is 11.6 Å². The Morgan fingerprint density at radius 3 is 1.93 bits per heavy atom. The standard InChI is InChI=1S/C8H3Cl2F5/c9-6-2-1-4(8(13,14)15)3-5(6)7(10,11)12/h1-3H. The molecule has 0 radical (unpaired) electrons. The van der Waals surface area contributed by atoms with Crippen molar-refractivity contribution in [3.8, 4) is 0 Å². The second kappa shape index (κ2) is 3.79. The van der Waals surface area contributed by atoms with Crippen LogP contribution in [0.4, 0.5) is 22.0 Å². The third kappa shape index (κ3) is 2.95. The van der Waals surface area contributed by atoms with E-state index in [0.717, 1.165) is 6.07 Å². The molecule has 7 heteroatoms. The van der Waals surface area contributed by atoms with Gasteiger partial charge in [0.1, 0.15) is 0 Å². The molecule has 84 valence electrons. The van der Waals surface area contributed by atoms with Crippen LogP contribution in [0.15, 0.2) is 18.2 Å². The molecule has 0 atom stereocenters. The highest BCUT2D eigenvalue weighted by molar-refractivity contribution is 6.33. The van der Waals surface area contributed by atoms with Gasteiger partial charge in [0.2, 0.25) is 0 Å². The van der Waals surface area contributed by atoms with Crippen molar-refractivity contribution in [2.45, 2.75) is 11.6 Å². The number of benzene rings is 1. The van der Waals surface area contributed by atoms with Crippen molar-refractivity contribution in [3.05, 3.63) is 34.3 Å². The van der Waals surface area contributed by atoms with Crippen molar-refractivity contribution in [3.63, 3.8) is 0 Å². The van der Waals surface area contributed by atoms with Gasteiger partial charge in [-0.3, -0.25) is 0 Å². The number of rotatable bonds is 1. The van der Waals surface area contributed by atoms with Gasteiger partial charge < -0.3 is 0 Å². The quantitative estimate of drug-likeness (QED) is 0.512. The number of hydrogen-bond acceptors (Lipinski definition) is 0. The minimum Gasteiger partial charge on any atom is -0.183 e. The lowest BCUT2D eigenvalue weighted by molar-refractivity contribution is -0.137. The van der Waals surface area contributed by atoms with E-state index >= 15 is 0 Å². The summed E-state index contributed by atoms with van der Waals surface area (Å²) in [6.07, 6.45) is -4.71. The first-order valence-electron chi connectivity index (χ1n) is 3.56. The van der Waals surface area contributed by atoms with Gasteiger partial charge in [0, 0.05) is 0 Å². The zero-order valence-electron chi connectivity index (χ0n) is 6.88. The summed E-state index contributed by atoms with van der Waals surface area (Å²) in [5, 5.41) is -4.43. The van der Waals surface area contributed by atoms with Crippen molar-refractivity contribution in [1.82, 2.24) is 0 Å². The van der Waals surface area contributed by atoms with Gasteiger partial charge in [-0.2, -0.15) is 22.0 Å². The van der Waals surface area contributed by atoms with Crippen LogP contribution in [0.25, 0.3) is 0 Å². The van der Waals surface area contributed by atoms with Crippen LogP contribution in [-0.2, 0) is 11.6 Å². The van der Waals surface area contributed by atoms with E-state index in [-0.39, 0.29) is 6.07 Å². The van der Waals surface area contributed by atoms with Gasteiger partial charge in [0.25, 0.3) is 0 Å².